The average Bonchev–Trinajstić information content (AvgIpc) is 3.23. The zero-order valence-electron chi connectivity index (χ0n) is 13.7. The molecule has 0 unspecified atom stereocenters. The normalized spacial score (nSPS) is 47.2. The van der Waals surface area contributed by atoms with Gasteiger partial charge in [0.2, 0.25) is 0 Å². The Bertz CT molecular complexity index is 495. The van der Waals surface area contributed by atoms with Crippen LogP contribution < -0.4 is 0 Å². The first-order valence-electron chi connectivity index (χ1n) is 7.77. The monoisotopic (exact) mass is 294 g/mol. The summed E-state index contributed by atoms with van der Waals surface area (Å²) < 4.78 is 17.2. The van der Waals surface area contributed by atoms with Crippen molar-refractivity contribution in [2.75, 3.05) is 20.8 Å². The number of ether oxygens (including phenoxy) is 3. The van der Waals surface area contributed by atoms with Gasteiger partial charge in [0.15, 0.2) is 5.78 Å². The second-order valence-electron chi connectivity index (χ2n) is 7.19. The predicted molar refractivity (Wildman–Crippen MR) is 79.1 cm³/mol. The molecular weight excluding hydrogens is 268 g/mol. The van der Waals surface area contributed by atoms with Crippen molar-refractivity contribution >= 4 is 5.78 Å². The van der Waals surface area contributed by atoms with Crippen LogP contribution in [0.3, 0.4) is 0 Å². The van der Waals surface area contributed by atoms with Gasteiger partial charge in [-0.05, 0) is 33.6 Å². The molecule has 0 spiro atoms. The van der Waals surface area contributed by atoms with Gasteiger partial charge in [-0.2, -0.15) is 0 Å². The summed E-state index contributed by atoms with van der Waals surface area (Å²) in [6.07, 6.45) is 4.76. The zero-order chi connectivity index (χ0) is 15.5. The van der Waals surface area contributed by atoms with E-state index in [0.29, 0.717) is 13.0 Å². The van der Waals surface area contributed by atoms with Gasteiger partial charge >= 0.3 is 0 Å². The fourth-order valence-electron chi connectivity index (χ4n) is 4.91. The van der Waals surface area contributed by atoms with E-state index in [1.54, 1.807) is 14.2 Å². The maximum absolute atomic E-state index is 12.5. The quantitative estimate of drug-likeness (QED) is 0.558. The lowest BCUT2D eigenvalue weighted by molar-refractivity contribution is -0.132. The Labute approximate surface area is 126 Å². The highest BCUT2D eigenvalue weighted by Crippen LogP contribution is 2.78. The van der Waals surface area contributed by atoms with Crippen molar-refractivity contribution in [3.05, 3.63) is 11.6 Å². The van der Waals surface area contributed by atoms with E-state index in [4.69, 9.17) is 14.2 Å². The molecule has 0 radical (unpaired) electrons. The van der Waals surface area contributed by atoms with Crippen LogP contribution in [-0.4, -0.2) is 43.9 Å². The highest BCUT2D eigenvalue weighted by molar-refractivity contribution is 5.96. The highest BCUT2D eigenvalue weighted by atomic mass is 16.6. The number of methoxy groups -OCH3 is 2. The molecule has 1 heterocycles. The first kappa shape index (κ1) is 15.2. The summed E-state index contributed by atoms with van der Waals surface area (Å²) in [5.74, 6) is 0.351. The molecule has 1 saturated heterocycles. The maximum atomic E-state index is 12.5. The Morgan fingerprint density at radius 3 is 2.71 bits per heavy atom. The standard InChI is InChI=1S/C17H26O4/c1-11(2)6-7-13-15(3,21-13)14-16(10-19-4)9-8-12(18)17(14,16)20-5/h6,13-14H,7-10H2,1-5H3/t13-,14-,15+,16-,17+/m1/s1. The van der Waals surface area contributed by atoms with Crippen LogP contribution in [0.25, 0.3) is 0 Å². The largest absolute Gasteiger partial charge is 0.384 e. The van der Waals surface area contributed by atoms with E-state index >= 15 is 0 Å². The number of fused-ring (bicyclic) bond motifs is 1. The van der Waals surface area contributed by atoms with E-state index in [9.17, 15) is 4.79 Å². The minimum atomic E-state index is -0.669. The van der Waals surface area contributed by atoms with Crippen LogP contribution in [0, 0.1) is 11.3 Å². The molecule has 0 aromatic carbocycles. The number of carbonyl (C=O) groups is 1. The molecule has 1 aliphatic heterocycles. The molecule has 0 amide bonds. The maximum Gasteiger partial charge on any atom is 0.165 e. The lowest BCUT2D eigenvalue weighted by atomic mass is 9.88. The van der Waals surface area contributed by atoms with E-state index < -0.39 is 5.60 Å². The molecule has 21 heavy (non-hydrogen) atoms. The molecular formula is C17H26O4. The van der Waals surface area contributed by atoms with Crippen molar-refractivity contribution < 1.29 is 19.0 Å². The SMILES string of the molecule is COC[C@@]12CCC(=O)[C@]1(OC)[C@@H]2[C@@]1(C)O[C@@H]1CC=C(C)C. The zero-order valence-corrected chi connectivity index (χ0v) is 13.7. The average molecular weight is 294 g/mol. The number of epoxide rings is 1. The molecule has 118 valence electrons. The lowest BCUT2D eigenvalue weighted by Gasteiger charge is -2.15. The van der Waals surface area contributed by atoms with Gasteiger partial charge in [-0.25, -0.2) is 0 Å². The molecule has 3 rings (SSSR count). The number of hydrogen-bond acceptors (Lipinski definition) is 4. The first-order chi connectivity index (χ1) is 9.89. The van der Waals surface area contributed by atoms with Crippen LogP contribution in [0.15, 0.2) is 11.6 Å². The van der Waals surface area contributed by atoms with E-state index in [1.807, 2.05) is 0 Å². The van der Waals surface area contributed by atoms with Gasteiger partial charge in [0.1, 0.15) is 5.60 Å². The topological polar surface area (TPSA) is 48.1 Å². The number of hydrogen-bond donors (Lipinski definition) is 0. The number of allylic oxidation sites excluding steroid dienone is 1. The molecule has 4 nitrogen and oxygen atoms in total. The Morgan fingerprint density at radius 1 is 1.43 bits per heavy atom. The summed E-state index contributed by atoms with van der Waals surface area (Å²) >= 11 is 0. The number of rotatable bonds is 6. The second-order valence-corrected chi connectivity index (χ2v) is 7.19. The molecule has 2 saturated carbocycles. The molecule has 0 N–H and O–H groups in total. The first-order valence-corrected chi connectivity index (χ1v) is 7.77. The van der Waals surface area contributed by atoms with E-state index in [0.717, 1.165) is 12.8 Å². The molecule has 0 aromatic heterocycles. The number of carbonyl (C=O) groups excluding carboxylic acids is 1. The summed E-state index contributed by atoms with van der Waals surface area (Å²) in [4.78, 5) is 12.5. The van der Waals surface area contributed by atoms with Crippen molar-refractivity contribution in [2.24, 2.45) is 11.3 Å². The predicted octanol–water partition coefficient (Wildman–Crippen LogP) is 2.51. The van der Waals surface area contributed by atoms with Gasteiger partial charge < -0.3 is 14.2 Å². The third-order valence-electron chi connectivity index (χ3n) is 5.84. The van der Waals surface area contributed by atoms with Gasteiger partial charge in [-0.1, -0.05) is 11.6 Å². The van der Waals surface area contributed by atoms with Gasteiger partial charge in [0, 0.05) is 32.0 Å². The van der Waals surface area contributed by atoms with Gasteiger partial charge in [0.05, 0.1) is 18.3 Å². The fraction of sp³-hybridized carbons (Fsp3) is 0.824. The summed E-state index contributed by atoms with van der Waals surface area (Å²) in [6, 6.07) is 0. The van der Waals surface area contributed by atoms with Crippen molar-refractivity contribution in [3.63, 3.8) is 0 Å². The van der Waals surface area contributed by atoms with Crippen LogP contribution in [0.4, 0.5) is 0 Å². The van der Waals surface area contributed by atoms with Gasteiger partial charge in [-0.3, -0.25) is 4.79 Å². The van der Waals surface area contributed by atoms with Crippen LogP contribution >= 0.6 is 0 Å². The molecule has 5 atom stereocenters. The van der Waals surface area contributed by atoms with Crippen molar-refractivity contribution in [2.45, 2.75) is 57.3 Å². The van der Waals surface area contributed by atoms with Gasteiger partial charge in [0.25, 0.3) is 0 Å². The Hall–Kier alpha value is -0.710. The van der Waals surface area contributed by atoms with E-state index in [1.165, 1.54) is 5.57 Å². The molecule has 2 aliphatic carbocycles. The van der Waals surface area contributed by atoms with Crippen molar-refractivity contribution in [3.8, 4) is 0 Å². The molecule has 0 aromatic rings. The smallest absolute Gasteiger partial charge is 0.165 e. The summed E-state index contributed by atoms with van der Waals surface area (Å²) in [7, 11) is 3.36. The Balaban J connectivity index is 1.83. The Morgan fingerprint density at radius 2 is 2.14 bits per heavy atom. The highest BCUT2D eigenvalue weighted by Gasteiger charge is 2.90. The lowest BCUT2D eigenvalue weighted by Crippen LogP contribution is -2.31. The van der Waals surface area contributed by atoms with Crippen LogP contribution in [0.2, 0.25) is 0 Å². The molecule has 3 aliphatic rings. The van der Waals surface area contributed by atoms with Gasteiger partial charge in [-0.15, -0.1) is 0 Å². The minimum Gasteiger partial charge on any atom is -0.384 e. The number of Topliss-reactive ketones (excluding diaryl/α,β-unsaturated/α-hetero) is 1. The summed E-state index contributed by atoms with van der Waals surface area (Å²) in [5, 5.41) is 0. The van der Waals surface area contributed by atoms with Crippen LogP contribution in [0.1, 0.15) is 40.0 Å². The third-order valence-corrected chi connectivity index (χ3v) is 5.84. The van der Waals surface area contributed by atoms with Crippen molar-refractivity contribution in [1.29, 1.82) is 0 Å². The third kappa shape index (κ3) is 1.76. The summed E-state index contributed by atoms with van der Waals surface area (Å²) in [5.41, 5.74) is 0.198. The van der Waals surface area contributed by atoms with Crippen LogP contribution in [-0.2, 0) is 19.0 Å². The van der Waals surface area contributed by atoms with E-state index in [2.05, 4.69) is 26.8 Å². The Kier molecular flexibility index (Phi) is 3.36. The second kappa shape index (κ2) is 4.64. The summed E-state index contributed by atoms with van der Waals surface area (Å²) in [6.45, 7) is 6.90. The van der Waals surface area contributed by atoms with Crippen LogP contribution in [0.5, 0.6) is 0 Å². The molecule has 0 bridgehead atoms. The molecule has 3 fully saturated rings. The molecule has 4 heteroatoms. The fourth-order valence-corrected chi connectivity index (χ4v) is 4.91. The minimum absolute atomic E-state index is 0.124. The van der Waals surface area contributed by atoms with Crippen molar-refractivity contribution in [1.82, 2.24) is 0 Å². The number of ketones is 1. The van der Waals surface area contributed by atoms with E-state index in [-0.39, 0.29) is 28.8 Å².